The molecule has 3 heterocycles. The van der Waals surface area contributed by atoms with E-state index < -0.39 is 12.0 Å². The molecule has 0 amide bonds. The summed E-state index contributed by atoms with van der Waals surface area (Å²) in [7, 11) is 2.20. The molecule has 0 bridgehead atoms. The number of anilines is 1. The first-order valence-corrected chi connectivity index (χ1v) is 10.6. The number of piperazine rings is 1. The van der Waals surface area contributed by atoms with Gasteiger partial charge in [-0.15, -0.1) is 11.3 Å². The number of para-hydroxylation sites is 1. The Balaban J connectivity index is 1.62. The molecule has 1 aliphatic heterocycles. The van der Waals surface area contributed by atoms with E-state index in [1.807, 2.05) is 11.4 Å². The number of likely N-dealkylation sites (N-methyl/N-ethyl adjacent to an activating group) is 1. The molecule has 0 saturated carbocycles. The van der Waals surface area contributed by atoms with Crippen LogP contribution in [0.25, 0.3) is 10.9 Å². The zero-order chi connectivity index (χ0) is 20.4. The van der Waals surface area contributed by atoms with Crippen molar-refractivity contribution in [2.45, 2.75) is 12.2 Å². The first-order chi connectivity index (χ1) is 13.9. The molecule has 1 atom stereocenters. The van der Waals surface area contributed by atoms with Crippen LogP contribution in [0.15, 0.2) is 41.8 Å². The number of alkyl halides is 3. The van der Waals surface area contributed by atoms with Crippen LogP contribution in [0.4, 0.5) is 19.0 Å². The van der Waals surface area contributed by atoms with Crippen LogP contribution in [0.3, 0.4) is 0 Å². The molecule has 5 nitrogen and oxygen atoms in total. The summed E-state index contributed by atoms with van der Waals surface area (Å²) < 4.78 is 39.9. The molecule has 0 spiro atoms. The van der Waals surface area contributed by atoms with E-state index in [1.54, 1.807) is 35.6 Å². The number of hydrogen-bond acceptors (Lipinski definition) is 4. The molecule has 1 aliphatic rings. The molecule has 1 aromatic carbocycles. The molecule has 0 unspecified atom stereocenters. The molecule has 3 N–H and O–H groups in total. The number of nitrogens with one attached hydrogen (secondary N) is 3. The highest BCUT2D eigenvalue weighted by molar-refractivity contribution is 7.10. The van der Waals surface area contributed by atoms with Gasteiger partial charge in [0.25, 0.3) is 0 Å². The smallest absolute Gasteiger partial charge is 0.363 e. The van der Waals surface area contributed by atoms with Crippen LogP contribution in [0.1, 0.15) is 16.7 Å². The number of fused-ring (bicyclic) bond motifs is 1. The van der Waals surface area contributed by atoms with Gasteiger partial charge in [-0.2, -0.15) is 13.2 Å². The largest absolute Gasteiger partial charge is 0.451 e. The van der Waals surface area contributed by atoms with E-state index in [2.05, 4.69) is 28.4 Å². The van der Waals surface area contributed by atoms with Crippen LogP contribution >= 0.6 is 11.3 Å². The first kappa shape index (κ1) is 20.1. The fraction of sp³-hybridized carbons (Fsp3) is 0.400. The molecule has 0 aliphatic carbocycles. The lowest BCUT2D eigenvalue weighted by molar-refractivity contribution is -1.02. The molecule has 3 aromatic rings. The number of rotatable bonds is 5. The maximum absolute atomic E-state index is 13.3. The quantitative estimate of drug-likeness (QED) is 0.580. The van der Waals surface area contributed by atoms with Crippen LogP contribution < -0.4 is 15.1 Å². The normalized spacial score (nSPS) is 21.2. The molecule has 29 heavy (non-hydrogen) atoms. The van der Waals surface area contributed by atoms with E-state index >= 15 is 0 Å². The Bertz CT molecular complexity index is 952. The van der Waals surface area contributed by atoms with Gasteiger partial charge in [-0.3, -0.25) is 0 Å². The zero-order valence-corrected chi connectivity index (χ0v) is 16.9. The van der Waals surface area contributed by atoms with Gasteiger partial charge >= 0.3 is 6.18 Å². The maximum atomic E-state index is 13.3. The van der Waals surface area contributed by atoms with E-state index in [9.17, 15) is 13.2 Å². The second-order valence-electron chi connectivity index (χ2n) is 7.47. The zero-order valence-electron chi connectivity index (χ0n) is 16.1. The number of halogens is 3. The van der Waals surface area contributed by atoms with Crippen molar-refractivity contribution in [3.05, 3.63) is 52.5 Å². The standard InChI is InChI=1S/C20H22F3N5S/c1-27-8-10-28(11-9-27)16(17-7-4-12-29-17)13-24-18-14-5-2-3-6-15(14)25-19(26-18)20(21,22)23/h2-7,12,16H,8-11,13H2,1H3,(H,24,25,26)/p+2/t16-/m0/s1. The monoisotopic (exact) mass is 423 g/mol. The van der Waals surface area contributed by atoms with Gasteiger partial charge in [0.05, 0.1) is 24.0 Å². The fourth-order valence-electron chi connectivity index (χ4n) is 3.82. The Morgan fingerprint density at radius 1 is 1.07 bits per heavy atom. The summed E-state index contributed by atoms with van der Waals surface area (Å²) in [6.45, 7) is 4.77. The van der Waals surface area contributed by atoms with Gasteiger partial charge < -0.3 is 15.1 Å². The van der Waals surface area contributed by atoms with Crippen molar-refractivity contribution >= 4 is 28.1 Å². The van der Waals surface area contributed by atoms with Gasteiger partial charge in [0, 0.05) is 5.39 Å². The van der Waals surface area contributed by atoms with Crippen molar-refractivity contribution in [1.82, 2.24) is 9.97 Å². The average molecular weight is 424 g/mol. The summed E-state index contributed by atoms with van der Waals surface area (Å²) in [6.07, 6.45) is -4.58. The van der Waals surface area contributed by atoms with Crippen molar-refractivity contribution in [2.75, 3.05) is 45.1 Å². The number of hydrogen-bond donors (Lipinski definition) is 3. The lowest BCUT2D eigenvalue weighted by Crippen LogP contribution is -3.27. The van der Waals surface area contributed by atoms with Crippen molar-refractivity contribution in [2.24, 2.45) is 0 Å². The molecule has 0 radical (unpaired) electrons. The summed E-state index contributed by atoms with van der Waals surface area (Å²) in [5.41, 5.74) is 0.292. The van der Waals surface area contributed by atoms with E-state index in [0.29, 0.717) is 17.4 Å². The number of benzene rings is 1. The maximum Gasteiger partial charge on any atom is 0.451 e. The highest BCUT2D eigenvalue weighted by Crippen LogP contribution is 2.30. The number of quaternary nitrogens is 2. The third-order valence-electron chi connectivity index (χ3n) is 5.46. The third-order valence-corrected chi connectivity index (χ3v) is 6.44. The Morgan fingerprint density at radius 3 is 2.52 bits per heavy atom. The molecule has 4 rings (SSSR count). The van der Waals surface area contributed by atoms with Crippen LogP contribution in [0.5, 0.6) is 0 Å². The van der Waals surface area contributed by atoms with Gasteiger partial charge in [0.2, 0.25) is 5.82 Å². The van der Waals surface area contributed by atoms with E-state index in [4.69, 9.17) is 0 Å². The molecule has 154 valence electrons. The van der Waals surface area contributed by atoms with Crippen molar-refractivity contribution < 1.29 is 23.0 Å². The lowest BCUT2D eigenvalue weighted by atomic mass is 10.1. The van der Waals surface area contributed by atoms with Crippen LogP contribution in [-0.4, -0.2) is 49.7 Å². The number of thiophene rings is 1. The summed E-state index contributed by atoms with van der Waals surface area (Å²) in [6, 6.07) is 11.1. The highest BCUT2D eigenvalue weighted by atomic mass is 32.1. The molecule has 1 saturated heterocycles. The van der Waals surface area contributed by atoms with Crippen LogP contribution in [0, 0.1) is 0 Å². The van der Waals surface area contributed by atoms with E-state index in [1.165, 1.54) is 14.7 Å². The first-order valence-electron chi connectivity index (χ1n) is 9.69. The Morgan fingerprint density at radius 2 is 1.83 bits per heavy atom. The molecular weight excluding hydrogens is 399 g/mol. The second-order valence-corrected chi connectivity index (χ2v) is 8.45. The van der Waals surface area contributed by atoms with Gasteiger partial charge in [0.1, 0.15) is 38.0 Å². The van der Waals surface area contributed by atoms with Crippen molar-refractivity contribution in [3.63, 3.8) is 0 Å². The summed E-state index contributed by atoms with van der Waals surface area (Å²) in [4.78, 5) is 11.7. The van der Waals surface area contributed by atoms with Gasteiger partial charge in [-0.25, -0.2) is 9.97 Å². The summed E-state index contributed by atoms with van der Waals surface area (Å²) in [5, 5.41) is 5.87. The lowest BCUT2D eigenvalue weighted by Gasteiger charge is -2.33. The minimum atomic E-state index is -4.58. The van der Waals surface area contributed by atoms with Crippen LogP contribution in [-0.2, 0) is 6.18 Å². The summed E-state index contributed by atoms with van der Waals surface area (Å²) >= 11 is 1.69. The fourth-order valence-corrected chi connectivity index (χ4v) is 4.70. The van der Waals surface area contributed by atoms with Crippen LogP contribution in [0.2, 0.25) is 0 Å². The van der Waals surface area contributed by atoms with Gasteiger partial charge in [0.15, 0.2) is 0 Å². The second kappa shape index (κ2) is 8.25. The number of nitrogens with zero attached hydrogens (tertiary/aromatic N) is 2. The molecule has 9 heteroatoms. The average Bonchev–Trinajstić information content (AvgIpc) is 3.23. The number of aromatic nitrogens is 2. The predicted octanol–water partition coefficient (Wildman–Crippen LogP) is 1.28. The van der Waals surface area contributed by atoms with Gasteiger partial charge in [-0.1, -0.05) is 18.2 Å². The molecular formula is C20H24F3N5S+2. The Hall–Kier alpha value is -2.23. The molecule has 2 aromatic heterocycles. The minimum absolute atomic E-state index is 0.172. The Labute approximate surface area is 171 Å². The van der Waals surface area contributed by atoms with E-state index in [-0.39, 0.29) is 11.9 Å². The third kappa shape index (κ3) is 4.52. The van der Waals surface area contributed by atoms with Crippen molar-refractivity contribution in [1.29, 1.82) is 0 Å². The molecule has 1 fully saturated rings. The van der Waals surface area contributed by atoms with Crippen molar-refractivity contribution in [3.8, 4) is 0 Å². The SMILES string of the molecule is C[NH+]1CC[NH+]([C@@H](CNc2nc(C(F)(F)F)nc3ccccc23)c2cccs2)CC1. The topological polar surface area (TPSA) is 46.7 Å². The Kier molecular flexibility index (Phi) is 5.71. The highest BCUT2D eigenvalue weighted by Gasteiger charge is 2.36. The minimum Gasteiger partial charge on any atom is -0.363 e. The predicted molar refractivity (Wildman–Crippen MR) is 107 cm³/mol. The van der Waals surface area contributed by atoms with Gasteiger partial charge in [-0.05, 0) is 23.6 Å². The summed E-state index contributed by atoms with van der Waals surface area (Å²) in [5.74, 6) is -0.870. The van der Waals surface area contributed by atoms with E-state index in [0.717, 1.165) is 26.2 Å².